The highest BCUT2D eigenvalue weighted by Gasteiger charge is 2.55. The van der Waals surface area contributed by atoms with Gasteiger partial charge >= 0.3 is 0 Å². The highest BCUT2D eigenvalue weighted by atomic mass is 16.2. The number of rotatable bonds is 4. The molecule has 0 radical (unpaired) electrons. The minimum absolute atomic E-state index is 0.0944. The van der Waals surface area contributed by atoms with Crippen LogP contribution >= 0.6 is 0 Å². The van der Waals surface area contributed by atoms with Crippen molar-refractivity contribution in [3.63, 3.8) is 0 Å². The first kappa shape index (κ1) is 17.5. The van der Waals surface area contributed by atoms with Gasteiger partial charge in [0.2, 0.25) is 0 Å². The Labute approximate surface area is 135 Å². The summed E-state index contributed by atoms with van der Waals surface area (Å²) in [6.45, 7) is 11.2. The second-order valence-corrected chi connectivity index (χ2v) is 8.40. The van der Waals surface area contributed by atoms with Crippen molar-refractivity contribution in [3.05, 3.63) is 23.3 Å². The first-order chi connectivity index (χ1) is 10.2. The van der Waals surface area contributed by atoms with E-state index in [1.807, 2.05) is 12.2 Å². The van der Waals surface area contributed by atoms with E-state index in [1.165, 1.54) is 17.6 Å². The molecule has 0 aromatic heterocycles. The number of carbonyl (C=O) groups excluding carboxylic acids is 1. The van der Waals surface area contributed by atoms with E-state index in [2.05, 4.69) is 34.6 Å². The van der Waals surface area contributed by atoms with Gasteiger partial charge in [0.15, 0.2) is 5.78 Å². The largest absolute Gasteiger partial charge is 0.392 e. The predicted molar refractivity (Wildman–Crippen MR) is 91.6 cm³/mol. The van der Waals surface area contributed by atoms with Gasteiger partial charge in [-0.1, -0.05) is 44.4 Å². The van der Waals surface area contributed by atoms with Crippen LogP contribution in [0.15, 0.2) is 23.3 Å². The summed E-state index contributed by atoms with van der Waals surface area (Å²) in [4.78, 5) is 12.7. The van der Waals surface area contributed by atoms with Gasteiger partial charge in [-0.2, -0.15) is 0 Å². The van der Waals surface area contributed by atoms with E-state index in [0.29, 0.717) is 11.7 Å². The molecule has 1 N–H and O–H groups in total. The SMILES string of the molecule is CC1=CC(=O)[C@@H]2C(C)(C)CCC[C@]2(C)[C@H]1CC/C(C)=C/CO. The van der Waals surface area contributed by atoms with E-state index in [4.69, 9.17) is 5.11 Å². The lowest BCUT2D eigenvalue weighted by Crippen LogP contribution is -2.52. The third-order valence-electron chi connectivity index (χ3n) is 6.24. The molecule has 2 nitrogen and oxygen atoms in total. The number of hydrogen-bond donors (Lipinski definition) is 1. The van der Waals surface area contributed by atoms with E-state index in [9.17, 15) is 4.79 Å². The maximum absolute atomic E-state index is 12.7. The number of allylic oxidation sites excluding steroid dienone is 3. The van der Waals surface area contributed by atoms with Crippen molar-refractivity contribution >= 4 is 5.78 Å². The Morgan fingerprint density at radius 3 is 2.68 bits per heavy atom. The molecule has 2 aliphatic rings. The van der Waals surface area contributed by atoms with Crippen LogP contribution in [0, 0.1) is 22.7 Å². The molecule has 0 aromatic carbocycles. The molecule has 124 valence electrons. The first-order valence-corrected chi connectivity index (χ1v) is 8.71. The molecular formula is C20H32O2. The van der Waals surface area contributed by atoms with Gasteiger partial charge in [-0.3, -0.25) is 4.79 Å². The van der Waals surface area contributed by atoms with Gasteiger partial charge in [-0.25, -0.2) is 0 Å². The molecule has 0 saturated heterocycles. The van der Waals surface area contributed by atoms with Gasteiger partial charge in [0.05, 0.1) is 6.61 Å². The maximum atomic E-state index is 12.7. The van der Waals surface area contributed by atoms with Crippen LogP contribution in [0.4, 0.5) is 0 Å². The fourth-order valence-corrected chi connectivity index (χ4v) is 5.31. The highest BCUT2D eigenvalue weighted by molar-refractivity contribution is 5.94. The summed E-state index contributed by atoms with van der Waals surface area (Å²) in [6.07, 6.45) is 9.46. The summed E-state index contributed by atoms with van der Waals surface area (Å²) in [5.74, 6) is 0.991. The third-order valence-corrected chi connectivity index (χ3v) is 6.24. The first-order valence-electron chi connectivity index (χ1n) is 8.71. The van der Waals surface area contributed by atoms with Crippen LogP contribution in [-0.2, 0) is 4.79 Å². The number of aliphatic hydroxyl groups is 1. The van der Waals surface area contributed by atoms with Gasteiger partial charge in [-0.15, -0.1) is 0 Å². The Morgan fingerprint density at radius 2 is 2.05 bits per heavy atom. The van der Waals surface area contributed by atoms with Crippen LogP contribution in [0.25, 0.3) is 0 Å². The van der Waals surface area contributed by atoms with Gasteiger partial charge in [-0.05, 0) is 62.4 Å². The Balaban J connectivity index is 2.30. The minimum atomic E-state index is 0.0944. The lowest BCUT2D eigenvalue weighted by atomic mass is 9.48. The molecular weight excluding hydrogens is 272 g/mol. The summed E-state index contributed by atoms with van der Waals surface area (Å²) in [5.41, 5.74) is 2.72. The van der Waals surface area contributed by atoms with Crippen LogP contribution < -0.4 is 0 Å². The van der Waals surface area contributed by atoms with E-state index >= 15 is 0 Å². The third kappa shape index (κ3) is 3.08. The normalized spacial score (nSPS) is 35.1. The van der Waals surface area contributed by atoms with Gasteiger partial charge in [0.25, 0.3) is 0 Å². The predicted octanol–water partition coefficient (Wildman–Crippen LogP) is 4.68. The Kier molecular flexibility index (Phi) is 5.01. The summed E-state index contributed by atoms with van der Waals surface area (Å²) < 4.78 is 0. The topological polar surface area (TPSA) is 37.3 Å². The van der Waals surface area contributed by atoms with Crippen molar-refractivity contribution in [1.29, 1.82) is 0 Å². The molecule has 2 aliphatic carbocycles. The van der Waals surface area contributed by atoms with Crippen molar-refractivity contribution < 1.29 is 9.90 Å². The quantitative estimate of drug-likeness (QED) is 0.765. The average Bonchev–Trinajstić information content (AvgIpc) is 2.36. The van der Waals surface area contributed by atoms with Crippen molar-refractivity contribution in [1.82, 2.24) is 0 Å². The van der Waals surface area contributed by atoms with E-state index in [1.54, 1.807) is 0 Å². The van der Waals surface area contributed by atoms with Crippen LogP contribution in [0.1, 0.15) is 66.7 Å². The second kappa shape index (κ2) is 6.31. The van der Waals surface area contributed by atoms with Crippen LogP contribution in [0.3, 0.4) is 0 Å². The molecule has 0 spiro atoms. The number of aliphatic hydroxyl groups excluding tert-OH is 1. The second-order valence-electron chi connectivity index (χ2n) is 8.40. The molecule has 0 aliphatic heterocycles. The summed E-state index contributed by atoms with van der Waals surface area (Å²) in [6, 6.07) is 0. The number of fused-ring (bicyclic) bond motifs is 1. The molecule has 0 aromatic rings. The van der Waals surface area contributed by atoms with E-state index in [0.717, 1.165) is 25.7 Å². The number of ketones is 1. The van der Waals surface area contributed by atoms with E-state index in [-0.39, 0.29) is 23.4 Å². The van der Waals surface area contributed by atoms with Gasteiger partial charge < -0.3 is 5.11 Å². The zero-order chi connectivity index (χ0) is 16.5. The van der Waals surface area contributed by atoms with Crippen LogP contribution in [0.5, 0.6) is 0 Å². The van der Waals surface area contributed by atoms with Crippen molar-refractivity contribution in [2.75, 3.05) is 6.61 Å². The molecule has 0 bridgehead atoms. The lowest BCUT2D eigenvalue weighted by molar-refractivity contribution is -0.136. The maximum Gasteiger partial charge on any atom is 0.159 e. The Bertz CT molecular complexity index is 498. The molecule has 2 heteroatoms. The lowest BCUT2D eigenvalue weighted by Gasteiger charge is -2.55. The minimum Gasteiger partial charge on any atom is -0.392 e. The number of carbonyl (C=O) groups is 1. The van der Waals surface area contributed by atoms with E-state index < -0.39 is 0 Å². The summed E-state index contributed by atoms with van der Waals surface area (Å²) >= 11 is 0. The Morgan fingerprint density at radius 1 is 1.36 bits per heavy atom. The van der Waals surface area contributed by atoms with Gasteiger partial charge in [0, 0.05) is 5.92 Å². The van der Waals surface area contributed by atoms with Crippen LogP contribution in [-0.4, -0.2) is 17.5 Å². The average molecular weight is 304 g/mol. The molecule has 1 fully saturated rings. The van der Waals surface area contributed by atoms with Crippen molar-refractivity contribution in [3.8, 4) is 0 Å². The molecule has 0 amide bonds. The molecule has 2 rings (SSSR count). The zero-order valence-electron chi connectivity index (χ0n) is 14.9. The standard InChI is InChI=1S/C20H32O2/c1-14(9-12-21)7-8-16-15(2)13-17(22)18-19(3,4)10-6-11-20(16,18)5/h9,13,16,18,21H,6-8,10-12H2,1-5H3/b14-9+/t16-,18+,20+/m0/s1. The smallest absolute Gasteiger partial charge is 0.159 e. The molecule has 3 atom stereocenters. The van der Waals surface area contributed by atoms with Crippen molar-refractivity contribution in [2.45, 2.75) is 66.7 Å². The Hall–Kier alpha value is -0.890. The highest BCUT2D eigenvalue weighted by Crippen LogP contribution is 2.59. The molecule has 0 heterocycles. The van der Waals surface area contributed by atoms with Gasteiger partial charge in [0.1, 0.15) is 0 Å². The fraction of sp³-hybridized carbons (Fsp3) is 0.750. The molecule has 22 heavy (non-hydrogen) atoms. The molecule has 1 saturated carbocycles. The number of hydrogen-bond acceptors (Lipinski definition) is 2. The fourth-order valence-electron chi connectivity index (χ4n) is 5.31. The monoisotopic (exact) mass is 304 g/mol. The summed E-state index contributed by atoms with van der Waals surface area (Å²) in [5, 5.41) is 9.03. The molecule has 0 unspecified atom stereocenters. The zero-order valence-corrected chi connectivity index (χ0v) is 14.9. The van der Waals surface area contributed by atoms with Crippen molar-refractivity contribution in [2.24, 2.45) is 22.7 Å². The van der Waals surface area contributed by atoms with Crippen LogP contribution in [0.2, 0.25) is 0 Å². The summed E-state index contributed by atoms with van der Waals surface area (Å²) in [7, 11) is 0.